The third-order valence-electron chi connectivity index (χ3n) is 2.31. The van der Waals surface area contributed by atoms with E-state index >= 15 is 0 Å². The monoisotopic (exact) mass is 234 g/mol. The van der Waals surface area contributed by atoms with Gasteiger partial charge in [0.05, 0.1) is 18.6 Å². The van der Waals surface area contributed by atoms with Crippen LogP contribution in [0, 0.1) is 0 Å². The summed E-state index contributed by atoms with van der Waals surface area (Å²) < 4.78 is 7.21. The minimum Gasteiger partial charge on any atom is -0.359 e. The van der Waals surface area contributed by atoms with Crippen LogP contribution in [0.25, 0.3) is 0 Å². The average Bonchev–Trinajstić information content (AvgIpc) is 2.86. The van der Waals surface area contributed by atoms with E-state index in [1.165, 1.54) is 0 Å². The molecule has 2 rings (SSSR count). The fourth-order valence-corrected chi connectivity index (χ4v) is 1.43. The molecule has 2 aromatic rings. The molecule has 0 spiro atoms. The van der Waals surface area contributed by atoms with Gasteiger partial charge in [-0.1, -0.05) is 5.16 Å². The van der Waals surface area contributed by atoms with Gasteiger partial charge in [0.1, 0.15) is 0 Å². The van der Waals surface area contributed by atoms with Crippen molar-refractivity contribution in [2.75, 3.05) is 0 Å². The first kappa shape index (κ1) is 11.9. The highest BCUT2D eigenvalue weighted by Gasteiger charge is 2.11. The van der Waals surface area contributed by atoms with Crippen LogP contribution in [-0.4, -0.2) is 20.2 Å². The lowest BCUT2D eigenvalue weighted by molar-refractivity contribution is 0.360. The van der Waals surface area contributed by atoms with E-state index in [2.05, 4.69) is 36.2 Å². The topological polar surface area (TPSA) is 55.9 Å². The van der Waals surface area contributed by atoms with Crippen molar-refractivity contribution >= 4 is 0 Å². The van der Waals surface area contributed by atoms with Gasteiger partial charge in [-0.05, 0) is 20.8 Å². The second kappa shape index (κ2) is 4.71. The predicted molar refractivity (Wildman–Crippen MR) is 64.4 cm³/mol. The Morgan fingerprint density at radius 1 is 1.41 bits per heavy atom. The first-order valence-electron chi connectivity index (χ1n) is 5.68. The maximum Gasteiger partial charge on any atom is 0.156 e. The highest BCUT2D eigenvalue weighted by Crippen LogP contribution is 2.07. The Bertz CT molecular complexity index is 453. The van der Waals surface area contributed by atoms with Gasteiger partial charge in [-0.25, -0.2) is 4.98 Å². The molecule has 0 saturated heterocycles. The van der Waals surface area contributed by atoms with E-state index < -0.39 is 0 Å². The first-order chi connectivity index (χ1) is 8.03. The molecule has 5 heteroatoms. The summed E-state index contributed by atoms with van der Waals surface area (Å²) >= 11 is 0. The van der Waals surface area contributed by atoms with Crippen LogP contribution in [0.3, 0.4) is 0 Å². The number of hydrogen-bond acceptors (Lipinski definition) is 4. The van der Waals surface area contributed by atoms with Gasteiger partial charge >= 0.3 is 0 Å². The molecule has 0 fully saturated rings. The average molecular weight is 234 g/mol. The molecule has 92 valence electrons. The van der Waals surface area contributed by atoms with Crippen LogP contribution in [0.2, 0.25) is 0 Å². The van der Waals surface area contributed by atoms with Gasteiger partial charge in [0.15, 0.2) is 5.76 Å². The van der Waals surface area contributed by atoms with Crippen LogP contribution >= 0.6 is 0 Å². The molecule has 0 aliphatic carbocycles. The predicted octanol–water partition coefficient (Wildman–Crippen LogP) is 1.81. The van der Waals surface area contributed by atoms with Crippen molar-refractivity contribution in [3.05, 3.63) is 36.2 Å². The Balaban J connectivity index is 1.92. The van der Waals surface area contributed by atoms with Gasteiger partial charge in [0.25, 0.3) is 0 Å². The zero-order valence-electron chi connectivity index (χ0n) is 10.5. The van der Waals surface area contributed by atoms with E-state index in [0.29, 0.717) is 6.54 Å². The van der Waals surface area contributed by atoms with Gasteiger partial charge in [0.2, 0.25) is 0 Å². The van der Waals surface area contributed by atoms with Gasteiger partial charge in [-0.15, -0.1) is 0 Å². The summed E-state index contributed by atoms with van der Waals surface area (Å²) in [5.41, 5.74) is 1.01. The van der Waals surface area contributed by atoms with E-state index in [9.17, 15) is 0 Å². The van der Waals surface area contributed by atoms with Crippen molar-refractivity contribution in [1.29, 1.82) is 0 Å². The molecule has 1 N–H and O–H groups in total. The second-order valence-corrected chi connectivity index (χ2v) is 5.12. The molecule has 0 saturated carbocycles. The minimum absolute atomic E-state index is 0.0868. The normalized spacial score (nSPS) is 11.9. The fourth-order valence-electron chi connectivity index (χ4n) is 1.43. The molecule has 0 radical (unpaired) electrons. The zero-order chi connectivity index (χ0) is 12.3. The molecular weight excluding hydrogens is 216 g/mol. The Morgan fingerprint density at radius 2 is 2.24 bits per heavy atom. The maximum absolute atomic E-state index is 5.26. The van der Waals surface area contributed by atoms with Crippen LogP contribution in [0.5, 0.6) is 0 Å². The number of nitrogens with zero attached hydrogens (tertiary/aromatic N) is 3. The molecule has 0 aliphatic rings. The molecule has 0 unspecified atom stereocenters. The Hall–Kier alpha value is -1.62. The summed E-state index contributed by atoms with van der Waals surface area (Å²) in [6.07, 6.45) is 5.41. The van der Waals surface area contributed by atoms with Crippen molar-refractivity contribution in [3.8, 4) is 0 Å². The van der Waals surface area contributed by atoms with Crippen LogP contribution in [0.15, 0.2) is 29.3 Å². The van der Waals surface area contributed by atoms with Crippen molar-refractivity contribution in [3.63, 3.8) is 0 Å². The molecular formula is C12H18N4O. The first-order valence-corrected chi connectivity index (χ1v) is 5.68. The van der Waals surface area contributed by atoms with E-state index in [0.717, 1.165) is 18.0 Å². The van der Waals surface area contributed by atoms with Crippen molar-refractivity contribution < 1.29 is 4.52 Å². The summed E-state index contributed by atoms with van der Waals surface area (Å²) in [5.74, 6) is 0.841. The highest BCUT2D eigenvalue weighted by molar-refractivity contribution is 5.06. The number of rotatable bonds is 4. The van der Waals surface area contributed by atoms with Gasteiger partial charge in [0, 0.05) is 30.5 Å². The second-order valence-electron chi connectivity index (χ2n) is 5.12. The highest BCUT2D eigenvalue weighted by atomic mass is 16.5. The molecule has 0 atom stereocenters. The smallest absolute Gasteiger partial charge is 0.156 e. The summed E-state index contributed by atoms with van der Waals surface area (Å²) in [6.45, 7) is 7.76. The lowest BCUT2D eigenvalue weighted by atomic mass is 10.1. The van der Waals surface area contributed by atoms with E-state index in [4.69, 9.17) is 4.52 Å². The fraction of sp³-hybridized carbons (Fsp3) is 0.500. The lowest BCUT2D eigenvalue weighted by Crippen LogP contribution is -2.35. The third-order valence-corrected chi connectivity index (χ3v) is 2.31. The minimum atomic E-state index is 0.0868. The molecule has 2 heterocycles. The third kappa shape index (κ3) is 3.71. The molecule has 17 heavy (non-hydrogen) atoms. The molecule has 0 bridgehead atoms. The van der Waals surface area contributed by atoms with E-state index in [1.807, 2.05) is 16.8 Å². The van der Waals surface area contributed by atoms with Crippen LogP contribution in [0.1, 0.15) is 32.2 Å². The van der Waals surface area contributed by atoms with Gasteiger partial charge in [-0.3, -0.25) is 0 Å². The number of nitrogens with one attached hydrogen (secondary N) is 1. The molecule has 2 aromatic heterocycles. The van der Waals surface area contributed by atoms with Gasteiger partial charge < -0.3 is 14.4 Å². The summed E-state index contributed by atoms with van der Waals surface area (Å²) in [7, 11) is 0. The molecule has 0 amide bonds. The van der Waals surface area contributed by atoms with E-state index in [1.54, 1.807) is 12.5 Å². The summed E-state index contributed by atoms with van der Waals surface area (Å²) in [4.78, 5) is 3.98. The van der Waals surface area contributed by atoms with Gasteiger partial charge in [-0.2, -0.15) is 0 Å². The number of imidazole rings is 1. The molecule has 0 aromatic carbocycles. The van der Waals surface area contributed by atoms with Crippen LogP contribution in [-0.2, 0) is 13.1 Å². The quantitative estimate of drug-likeness (QED) is 0.876. The number of hydrogen-bond donors (Lipinski definition) is 1. The summed E-state index contributed by atoms with van der Waals surface area (Å²) in [6, 6.07) is 1.97. The van der Waals surface area contributed by atoms with Crippen LogP contribution in [0.4, 0.5) is 0 Å². The van der Waals surface area contributed by atoms with E-state index in [-0.39, 0.29) is 5.54 Å². The van der Waals surface area contributed by atoms with Crippen molar-refractivity contribution in [2.45, 2.75) is 39.4 Å². The largest absolute Gasteiger partial charge is 0.359 e. The molecule has 0 aliphatic heterocycles. The maximum atomic E-state index is 5.26. The van der Waals surface area contributed by atoms with Crippen LogP contribution < -0.4 is 5.32 Å². The van der Waals surface area contributed by atoms with Crippen molar-refractivity contribution in [1.82, 2.24) is 20.0 Å². The Labute approximate surface area is 101 Å². The Kier molecular flexibility index (Phi) is 3.28. The SMILES string of the molecule is CC(C)(C)NCc1cc(Cn2ccnc2)on1. The lowest BCUT2D eigenvalue weighted by Gasteiger charge is -2.19. The summed E-state index contributed by atoms with van der Waals surface area (Å²) in [5, 5.41) is 7.40. The zero-order valence-corrected chi connectivity index (χ0v) is 10.5. The number of aromatic nitrogens is 3. The standard InChI is InChI=1S/C12H18N4O/c1-12(2,3)14-7-10-6-11(17-15-10)8-16-5-4-13-9-16/h4-6,9,14H,7-8H2,1-3H3. The molecule has 5 nitrogen and oxygen atoms in total. The van der Waals surface area contributed by atoms with Crippen molar-refractivity contribution in [2.24, 2.45) is 0 Å². The Morgan fingerprint density at radius 3 is 2.88 bits per heavy atom.